The van der Waals surface area contributed by atoms with Gasteiger partial charge in [0.05, 0.1) is 0 Å². The van der Waals surface area contributed by atoms with Crippen molar-refractivity contribution in [2.75, 3.05) is 6.54 Å². The fourth-order valence-electron chi connectivity index (χ4n) is 3.93. The molecule has 1 aliphatic carbocycles. The summed E-state index contributed by atoms with van der Waals surface area (Å²) in [5, 5.41) is 11.4. The van der Waals surface area contributed by atoms with Crippen LogP contribution < -0.4 is 5.32 Å². The normalized spacial score (nSPS) is 22.6. The van der Waals surface area contributed by atoms with E-state index in [4.69, 9.17) is 4.42 Å². The first kappa shape index (κ1) is 19.3. The summed E-state index contributed by atoms with van der Waals surface area (Å²) in [6.07, 6.45) is 7.58. The summed E-state index contributed by atoms with van der Waals surface area (Å²) in [6, 6.07) is 3.73. The number of allylic oxidation sites excluding steroid dienone is 1. The number of nitrogens with zero attached hydrogens (tertiary/aromatic N) is 3. The van der Waals surface area contributed by atoms with Gasteiger partial charge < -0.3 is 9.73 Å². The van der Waals surface area contributed by atoms with Crippen LogP contribution in [0.25, 0.3) is 11.5 Å². The van der Waals surface area contributed by atoms with E-state index in [0.717, 1.165) is 18.4 Å². The number of amides is 1. The maximum Gasteiger partial charge on any atom is 0.247 e. The molecule has 6 heteroatoms. The van der Waals surface area contributed by atoms with Crippen LogP contribution in [0.2, 0.25) is 0 Å². The second kappa shape index (κ2) is 8.46. The molecule has 27 heavy (non-hydrogen) atoms. The molecule has 0 aromatic carbocycles. The Morgan fingerprint density at radius 2 is 2.04 bits per heavy atom. The third kappa shape index (κ3) is 4.81. The number of hydrogen-bond acceptors (Lipinski definition) is 5. The number of aromatic nitrogens is 3. The van der Waals surface area contributed by atoms with Gasteiger partial charge in [-0.2, -0.15) is 0 Å². The summed E-state index contributed by atoms with van der Waals surface area (Å²) in [5.74, 6) is 3.06. The number of carbonyl (C=O) groups is 1. The number of rotatable bonds is 6. The molecule has 144 valence electrons. The maximum absolute atomic E-state index is 11.3. The van der Waals surface area contributed by atoms with Crippen molar-refractivity contribution in [1.82, 2.24) is 20.5 Å². The van der Waals surface area contributed by atoms with Gasteiger partial charge in [0.2, 0.25) is 17.7 Å². The van der Waals surface area contributed by atoms with Crippen molar-refractivity contribution in [3.8, 4) is 11.5 Å². The van der Waals surface area contributed by atoms with Crippen molar-refractivity contribution in [2.45, 2.75) is 40.5 Å². The molecule has 6 nitrogen and oxygen atoms in total. The highest BCUT2D eigenvalue weighted by Crippen LogP contribution is 2.38. The molecule has 2 aromatic rings. The van der Waals surface area contributed by atoms with Gasteiger partial charge in [0.1, 0.15) is 0 Å². The van der Waals surface area contributed by atoms with Crippen molar-refractivity contribution < 1.29 is 9.21 Å². The zero-order valence-corrected chi connectivity index (χ0v) is 16.5. The molecule has 2 aromatic heterocycles. The average Bonchev–Trinajstić information content (AvgIpc) is 3.11. The van der Waals surface area contributed by atoms with Crippen molar-refractivity contribution in [1.29, 1.82) is 0 Å². The molecule has 1 N–H and O–H groups in total. The van der Waals surface area contributed by atoms with Crippen LogP contribution in [0, 0.1) is 23.7 Å². The van der Waals surface area contributed by atoms with Crippen molar-refractivity contribution in [3.05, 3.63) is 42.1 Å². The highest BCUT2D eigenvalue weighted by Gasteiger charge is 2.32. The third-order valence-electron chi connectivity index (χ3n) is 5.49. The van der Waals surface area contributed by atoms with Crippen LogP contribution in [0.15, 0.2) is 40.6 Å². The number of nitrogens with one attached hydrogen (secondary N) is 1. The van der Waals surface area contributed by atoms with Crippen LogP contribution in [0.4, 0.5) is 0 Å². The molecule has 0 saturated heterocycles. The highest BCUT2D eigenvalue weighted by molar-refractivity contribution is 5.72. The standard InChI is InChI=1S/C21H28N4O2/c1-13(2)19-10-17(14(3)9-18(19)12-23-15(4)26)11-20-24-25-21(27-20)16-5-7-22-8-6-16/h5-9,13,17-19H,10-12H2,1-4H3,(H,23,26)/t17-,18-,19-/m0/s1. The van der Waals surface area contributed by atoms with Gasteiger partial charge in [-0.3, -0.25) is 9.78 Å². The van der Waals surface area contributed by atoms with E-state index in [2.05, 4.69) is 47.3 Å². The van der Waals surface area contributed by atoms with E-state index in [-0.39, 0.29) is 5.91 Å². The Labute approximate surface area is 160 Å². The quantitative estimate of drug-likeness (QED) is 0.787. The molecule has 0 unspecified atom stereocenters. The molecule has 0 radical (unpaired) electrons. The highest BCUT2D eigenvalue weighted by atomic mass is 16.4. The monoisotopic (exact) mass is 368 g/mol. The number of hydrogen-bond donors (Lipinski definition) is 1. The lowest BCUT2D eigenvalue weighted by Crippen LogP contribution is -2.36. The van der Waals surface area contributed by atoms with Crippen LogP contribution in [0.5, 0.6) is 0 Å². The summed E-state index contributed by atoms with van der Waals surface area (Å²) >= 11 is 0. The largest absolute Gasteiger partial charge is 0.421 e. The zero-order valence-electron chi connectivity index (χ0n) is 16.5. The van der Waals surface area contributed by atoms with Crippen LogP contribution in [0.1, 0.15) is 40.0 Å². The van der Waals surface area contributed by atoms with Crippen LogP contribution in [-0.4, -0.2) is 27.6 Å². The molecule has 1 aliphatic rings. The van der Waals surface area contributed by atoms with E-state index in [1.165, 1.54) is 5.57 Å². The van der Waals surface area contributed by atoms with Crippen LogP contribution in [0.3, 0.4) is 0 Å². The number of carbonyl (C=O) groups excluding carboxylic acids is 1. The van der Waals surface area contributed by atoms with Gasteiger partial charge in [-0.05, 0) is 49.1 Å². The smallest absolute Gasteiger partial charge is 0.247 e. The van der Waals surface area contributed by atoms with E-state index >= 15 is 0 Å². The summed E-state index contributed by atoms with van der Waals surface area (Å²) in [6.45, 7) is 8.95. The molecular weight excluding hydrogens is 340 g/mol. The van der Waals surface area contributed by atoms with Gasteiger partial charge in [0.25, 0.3) is 0 Å². The Kier molecular flexibility index (Phi) is 6.04. The summed E-state index contributed by atoms with van der Waals surface area (Å²) in [5.41, 5.74) is 2.22. The molecule has 3 rings (SSSR count). The van der Waals surface area contributed by atoms with Crippen LogP contribution in [-0.2, 0) is 11.2 Å². The van der Waals surface area contributed by atoms with E-state index in [1.54, 1.807) is 19.3 Å². The Balaban J connectivity index is 1.72. The minimum Gasteiger partial charge on any atom is -0.421 e. The predicted octanol–water partition coefficient (Wildman–Crippen LogP) is 3.66. The lowest BCUT2D eigenvalue weighted by atomic mass is 9.70. The molecule has 1 amide bonds. The zero-order chi connectivity index (χ0) is 19.4. The molecule has 0 spiro atoms. The van der Waals surface area contributed by atoms with E-state index in [0.29, 0.717) is 42.0 Å². The lowest BCUT2D eigenvalue weighted by molar-refractivity contribution is -0.119. The molecule has 0 fully saturated rings. The van der Waals surface area contributed by atoms with Gasteiger partial charge in [0.15, 0.2) is 0 Å². The van der Waals surface area contributed by atoms with Gasteiger partial charge in [-0.1, -0.05) is 25.5 Å². The van der Waals surface area contributed by atoms with E-state index < -0.39 is 0 Å². The fraction of sp³-hybridized carbons (Fsp3) is 0.524. The Morgan fingerprint density at radius 3 is 2.70 bits per heavy atom. The van der Waals surface area contributed by atoms with Crippen molar-refractivity contribution in [3.63, 3.8) is 0 Å². The summed E-state index contributed by atoms with van der Waals surface area (Å²) in [4.78, 5) is 15.3. The van der Waals surface area contributed by atoms with Gasteiger partial charge >= 0.3 is 0 Å². The first-order valence-electron chi connectivity index (χ1n) is 9.59. The van der Waals surface area contributed by atoms with E-state index in [9.17, 15) is 4.79 Å². The average molecular weight is 368 g/mol. The second-order valence-electron chi connectivity index (χ2n) is 7.79. The summed E-state index contributed by atoms with van der Waals surface area (Å²) in [7, 11) is 0. The first-order valence-corrected chi connectivity index (χ1v) is 9.59. The van der Waals surface area contributed by atoms with Gasteiger partial charge in [-0.15, -0.1) is 10.2 Å². The molecular formula is C21H28N4O2. The third-order valence-corrected chi connectivity index (χ3v) is 5.49. The second-order valence-corrected chi connectivity index (χ2v) is 7.79. The summed E-state index contributed by atoms with van der Waals surface area (Å²) < 4.78 is 5.89. The lowest BCUT2D eigenvalue weighted by Gasteiger charge is -2.37. The van der Waals surface area contributed by atoms with Crippen molar-refractivity contribution in [2.24, 2.45) is 23.7 Å². The Hall–Kier alpha value is -2.50. The maximum atomic E-state index is 11.3. The molecule has 3 atom stereocenters. The van der Waals surface area contributed by atoms with Gasteiger partial charge in [0, 0.05) is 37.8 Å². The van der Waals surface area contributed by atoms with Crippen molar-refractivity contribution >= 4 is 5.91 Å². The molecule has 0 aliphatic heterocycles. The SMILES string of the molecule is CC(=O)NC[C@@H]1C=C(C)[C@H](Cc2nnc(-c3ccncc3)o2)C[C@H]1C(C)C. The molecule has 2 heterocycles. The fourth-order valence-corrected chi connectivity index (χ4v) is 3.93. The Morgan fingerprint density at radius 1 is 1.30 bits per heavy atom. The minimum absolute atomic E-state index is 0.0279. The molecule has 0 bridgehead atoms. The van der Waals surface area contributed by atoms with E-state index in [1.807, 2.05) is 12.1 Å². The minimum atomic E-state index is 0.0279. The van der Waals surface area contributed by atoms with Crippen LogP contribution >= 0.6 is 0 Å². The van der Waals surface area contributed by atoms with Gasteiger partial charge in [-0.25, -0.2) is 0 Å². The number of pyridine rings is 1. The predicted molar refractivity (Wildman–Crippen MR) is 104 cm³/mol. The topological polar surface area (TPSA) is 80.9 Å². The Bertz CT molecular complexity index is 798. The molecule has 0 saturated carbocycles. The first-order chi connectivity index (χ1) is 12.9.